The largest absolute Gasteiger partial charge is 0.462 e. The van der Waals surface area contributed by atoms with Gasteiger partial charge in [-0.15, -0.1) is 0 Å². The normalized spacial score (nSPS) is 15.0. The highest BCUT2D eigenvalue weighted by Gasteiger charge is 2.41. The Kier molecular flexibility index (Phi) is 10.4. The second-order valence-electron chi connectivity index (χ2n) is 10.9. The fraction of sp³-hybridized carbons (Fsp3) is 0.708. The summed E-state index contributed by atoms with van der Waals surface area (Å²) in [5, 5.41) is 2.80. The van der Waals surface area contributed by atoms with Gasteiger partial charge in [-0.05, 0) is 62.3 Å². The van der Waals surface area contributed by atoms with Crippen molar-refractivity contribution in [3.05, 3.63) is 12.7 Å². The van der Waals surface area contributed by atoms with Gasteiger partial charge in [0.25, 0.3) is 7.52 Å². The minimum absolute atomic E-state index is 0.238. The molecule has 2 aromatic rings. The van der Waals surface area contributed by atoms with E-state index in [4.69, 9.17) is 24.5 Å². The summed E-state index contributed by atoms with van der Waals surface area (Å²) in [7, 11) is -3.86. The number of esters is 2. The van der Waals surface area contributed by atoms with Crippen LogP contribution in [0.25, 0.3) is 11.2 Å². The number of nitrogen functional groups attached to an aromatic ring is 1. The smallest absolute Gasteiger partial charge is 0.326 e. The molecule has 2 atom stereocenters. The van der Waals surface area contributed by atoms with Crippen molar-refractivity contribution in [2.45, 2.75) is 92.7 Å². The van der Waals surface area contributed by atoms with E-state index in [0.717, 1.165) is 0 Å². The number of fused-ring (bicyclic) bond motifs is 1. The Morgan fingerprint density at radius 2 is 1.63 bits per heavy atom. The molecule has 2 aromatic heterocycles. The van der Waals surface area contributed by atoms with Crippen LogP contribution in [0.1, 0.15) is 62.3 Å². The van der Waals surface area contributed by atoms with E-state index in [1.54, 1.807) is 59.4 Å². The maximum Gasteiger partial charge on any atom is 0.326 e. The molecule has 0 aliphatic carbocycles. The third-order valence-electron chi connectivity index (χ3n) is 5.24. The van der Waals surface area contributed by atoms with Gasteiger partial charge in [0, 0.05) is 0 Å². The minimum atomic E-state index is -3.86. The summed E-state index contributed by atoms with van der Waals surface area (Å²) < 4.78 is 38.1. The molecule has 13 nitrogen and oxygen atoms in total. The van der Waals surface area contributed by atoms with E-state index in [1.807, 2.05) is 0 Å². The lowest BCUT2D eigenvalue weighted by atomic mass is 9.95. The fourth-order valence-electron chi connectivity index (χ4n) is 3.22. The molecule has 0 fully saturated rings. The number of anilines is 1. The number of hydrogen-bond acceptors (Lipinski definition) is 11. The Hall–Kier alpha value is -2.60. The molecule has 0 saturated heterocycles. The molecule has 14 heteroatoms. The Labute approximate surface area is 223 Å². The summed E-state index contributed by atoms with van der Waals surface area (Å²) >= 11 is 0. The van der Waals surface area contributed by atoms with Crippen LogP contribution in [0.4, 0.5) is 5.82 Å². The van der Waals surface area contributed by atoms with Gasteiger partial charge in [0.2, 0.25) is 0 Å². The van der Waals surface area contributed by atoms with Crippen LogP contribution in [-0.2, 0) is 39.4 Å². The van der Waals surface area contributed by atoms with Gasteiger partial charge in [-0.3, -0.25) is 14.2 Å². The second kappa shape index (κ2) is 12.5. The molecule has 0 aromatic carbocycles. The number of hydrogen-bond donors (Lipinski definition) is 2. The molecule has 0 amide bonds. The Bertz CT molecular complexity index is 1160. The van der Waals surface area contributed by atoms with Gasteiger partial charge in [-0.2, -0.15) is 0 Å². The summed E-state index contributed by atoms with van der Waals surface area (Å²) in [6, 6.07) is 0. The minimum Gasteiger partial charge on any atom is -0.462 e. The summed E-state index contributed by atoms with van der Waals surface area (Å²) in [4.78, 5) is 37.6. The van der Waals surface area contributed by atoms with Crippen molar-refractivity contribution in [3.8, 4) is 0 Å². The molecule has 2 rings (SSSR count). The lowest BCUT2D eigenvalue weighted by Crippen LogP contribution is -2.48. The van der Waals surface area contributed by atoms with Gasteiger partial charge >= 0.3 is 11.9 Å². The maximum absolute atomic E-state index is 14.0. The first-order valence-electron chi connectivity index (χ1n) is 12.4. The van der Waals surface area contributed by atoms with E-state index < -0.39 is 36.5 Å². The zero-order chi connectivity index (χ0) is 28.9. The van der Waals surface area contributed by atoms with E-state index in [2.05, 4.69) is 20.0 Å². The van der Waals surface area contributed by atoms with E-state index in [0.29, 0.717) is 17.7 Å². The van der Waals surface area contributed by atoms with E-state index in [9.17, 15) is 14.2 Å². The van der Waals surface area contributed by atoms with Crippen LogP contribution in [0.2, 0.25) is 0 Å². The van der Waals surface area contributed by atoms with Crippen molar-refractivity contribution < 1.29 is 32.9 Å². The SMILES string of the molecule is CC(C)OC(=O)C(C)(C)COP(=O)(CO[C@@H](C)Cn1cnc2c(N)ncnc21)NC(C)(C)C(=O)OC(C)C. The number of imidazole rings is 1. The fourth-order valence-corrected chi connectivity index (χ4v) is 5.35. The molecule has 0 spiro atoms. The van der Waals surface area contributed by atoms with Crippen LogP contribution in [0, 0.1) is 5.41 Å². The van der Waals surface area contributed by atoms with Crippen LogP contribution < -0.4 is 10.8 Å². The van der Waals surface area contributed by atoms with Crippen LogP contribution in [0.5, 0.6) is 0 Å². The highest BCUT2D eigenvalue weighted by molar-refractivity contribution is 7.56. The van der Waals surface area contributed by atoms with Crippen LogP contribution in [0.15, 0.2) is 12.7 Å². The van der Waals surface area contributed by atoms with Gasteiger partial charge in [-0.1, -0.05) is 0 Å². The number of nitrogens with zero attached hydrogens (tertiary/aromatic N) is 4. The number of aromatic nitrogens is 4. The zero-order valence-corrected chi connectivity index (χ0v) is 24.6. The first kappa shape index (κ1) is 31.6. The van der Waals surface area contributed by atoms with Crippen LogP contribution >= 0.6 is 7.52 Å². The van der Waals surface area contributed by atoms with Gasteiger partial charge in [-0.25, -0.2) is 20.0 Å². The number of nitrogens with two attached hydrogens (primary N) is 1. The molecule has 0 bridgehead atoms. The van der Waals surface area contributed by atoms with Crippen molar-refractivity contribution in [3.63, 3.8) is 0 Å². The summed E-state index contributed by atoms with van der Waals surface area (Å²) in [6.45, 7) is 15.1. The van der Waals surface area contributed by atoms with Crippen LogP contribution in [0.3, 0.4) is 0 Å². The molecule has 0 radical (unpaired) electrons. The average molecular weight is 557 g/mol. The van der Waals surface area contributed by atoms with Crippen molar-refractivity contribution in [2.75, 3.05) is 18.7 Å². The lowest BCUT2D eigenvalue weighted by Gasteiger charge is -2.33. The third-order valence-corrected chi connectivity index (χ3v) is 7.18. The zero-order valence-electron chi connectivity index (χ0n) is 23.7. The number of ether oxygens (including phenoxy) is 3. The first-order valence-corrected chi connectivity index (χ1v) is 14.2. The summed E-state index contributed by atoms with van der Waals surface area (Å²) in [5.41, 5.74) is 4.38. The molecule has 214 valence electrons. The number of nitrogens with one attached hydrogen (secondary N) is 1. The van der Waals surface area contributed by atoms with Gasteiger partial charge in [0.05, 0.1) is 43.2 Å². The molecule has 38 heavy (non-hydrogen) atoms. The van der Waals surface area contributed by atoms with Crippen molar-refractivity contribution in [2.24, 2.45) is 5.41 Å². The molecule has 2 heterocycles. The van der Waals surface area contributed by atoms with Crippen molar-refractivity contribution in [1.82, 2.24) is 24.6 Å². The van der Waals surface area contributed by atoms with Crippen molar-refractivity contribution in [1.29, 1.82) is 0 Å². The average Bonchev–Trinajstić information content (AvgIpc) is 3.19. The first-order chi connectivity index (χ1) is 17.5. The Balaban J connectivity index is 2.19. The molecule has 1 unspecified atom stereocenters. The van der Waals surface area contributed by atoms with Crippen molar-refractivity contribution >= 4 is 36.4 Å². The standard InChI is InChI=1S/C24H41N6O7P/c1-15(2)36-21(31)23(6,7)11-35-38(33,29-24(8,9)22(32)37-16(3)4)14-34-17(5)10-30-13-28-18-19(25)26-12-27-20(18)30/h12-13,15-17H,10-11,14H2,1-9H3,(H,29,33)(H2,25,26,27)/t17-,38?/m0/s1. The molecule has 0 saturated carbocycles. The third kappa shape index (κ3) is 8.72. The number of rotatable bonds is 14. The topological polar surface area (TPSA) is 170 Å². The van der Waals surface area contributed by atoms with Gasteiger partial charge in [0.15, 0.2) is 11.5 Å². The summed E-state index contributed by atoms with van der Waals surface area (Å²) in [6.07, 6.45) is 1.38. The molecule has 0 aliphatic heterocycles. The highest BCUT2D eigenvalue weighted by Crippen LogP contribution is 2.46. The number of carbonyl (C=O) groups is 2. The predicted molar refractivity (Wildman–Crippen MR) is 142 cm³/mol. The van der Waals surface area contributed by atoms with Crippen LogP contribution in [-0.4, -0.2) is 68.3 Å². The maximum atomic E-state index is 14.0. The molecule has 0 aliphatic rings. The van der Waals surface area contributed by atoms with Gasteiger partial charge < -0.3 is 29.0 Å². The summed E-state index contributed by atoms with van der Waals surface area (Å²) in [5.74, 6) is -0.844. The predicted octanol–water partition coefficient (Wildman–Crippen LogP) is 3.28. The quantitative estimate of drug-likeness (QED) is 0.257. The lowest BCUT2D eigenvalue weighted by molar-refractivity contribution is -0.159. The molecular formula is C24H41N6O7P. The Morgan fingerprint density at radius 3 is 2.24 bits per heavy atom. The Morgan fingerprint density at radius 1 is 1.03 bits per heavy atom. The second-order valence-corrected chi connectivity index (χ2v) is 13.0. The molecule has 3 N–H and O–H groups in total. The van der Waals surface area contributed by atoms with E-state index >= 15 is 0 Å². The number of carbonyl (C=O) groups excluding carboxylic acids is 2. The van der Waals surface area contributed by atoms with E-state index in [-0.39, 0.29) is 31.0 Å². The highest BCUT2D eigenvalue weighted by atomic mass is 31.2. The van der Waals surface area contributed by atoms with Gasteiger partial charge in [0.1, 0.15) is 23.7 Å². The van der Waals surface area contributed by atoms with E-state index in [1.165, 1.54) is 20.2 Å². The molecular weight excluding hydrogens is 515 g/mol. The monoisotopic (exact) mass is 556 g/mol.